The van der Waals surface area contributed by atoms with Crippen LogP contribution in [0.1, 0.15) is 49.5 Å². The molecule has 1 amide bonds. The van der Waals surface area contributed by atoms with Crippen LogP contribution in [0.25, 0.3) is 0 Å². The summed E-state index contributed by atoms with van der Waals surface area (Å²) in [7, 11) is 1.24. The summed E-state index contributed by atoms with van der Waals surface area (Å²) in [4.78, 5) is 12.0. The van der Waals surface area contributed by atoms with Crippen LogP contribution in [-0.2, 0) is 9.05 Å². The number of carbonyl (C=O) groups excluding carboxylic acids is 1. The molecule has 1 N–H and O–H groups in total. The van der Waals surface area contributed by atoms with Crippen molar-refractivity contribution >= 4 is 25.6 Å². The lowest BCUT2D eigenvalue weighted by Gasteiger charge is -2.28. The molecule has 0 aliphatic rings. The first-order valence-electron chi connectivity index (χ1n) is 6.61. The standard InChI is InChI=1S/C14H19ClFNO3S/c1-5-14(4,6-2)17-13(18)11-8-10(21(15,19)20)7-9(3)12(11)16/h7-8H,5-6H2,1-4H3,(H,17,18). The van der Waals surface area contributed by atoms with Gasteiger partial charge in [0, 0.05) is 16.2 Å². The minimum absolute atomic E-state index is 0.0524. The van der Waals surface area contributed by atoms with Gasteiger partial charge < -0.3 is 5.32 Å². The second-order valence-electron chi connectivity index (χ2n) is 5.26. The van der Waals surface area contributed by atoms with E-state index in [1.54, 1.807) is 0 Å². The zero-order valence-corrected chi connectivity index (χ0v) is 14.0. The average Bonchev–Trinajstić information content (AvgIpc) is 2.40. The van der Waals surface area contributed by atoms with E-state index in [0.29, 0.717) is 12.8 Å². The minimum atomic E-state index is -4.03. The summed E-state index contributed by atoms with van der Waals surface area (Å²) in [5, 5.41) is 2.74. The highest BCUT2D eigenvalue weighted by Gasteiger charge is 2.26. The third-order valence-electron chi connectivity index (χ3n) is 3.73. The van der Waals surface area contributed by atoms with E-state index in [1.165, 1.54) is 6.92 Å². The fourth-order valence-corrected chi connectivity index (χ4v) is 2.65. The predicted molar refractivity (Wildman–Crippen MR) is 80.6 cm³/mol. The molecular formula is C14H19ClFNO3S. The molecule has 1 aromatic rings. The number of amides is 1. The molecule has 1 rings (SSSR count). The van der Waals surface area contributed by atoms with Crippen molar-refractivity contribution in [2.45, 2.75) is 51.0 Å². The molecule has 0 saturated carbocycles. The number of hydrogen-bond donors (Lipinski definition) is 1. The fourth-order valence-electron chi connectivity index (χ4n) is 1.81. The van der Waals surface area contributed by atoms with E-state index < -0.39 is 26.3 Å². The van der Waals surface area contributed by atoms with Crippen LogP contribution < -0.4 is 5.32 Å². The number of aryl methyl sites for hydroxylation is 1. The van der Waals surface area contributed by atoms with Gasteiger partial charge in [-0.3, -0.25) is 4.79 Å². The summed E-state index contributed by atoms with van der Waals surface area (Å²) in [6.07, 6.45) is 1.34. The van der Waals surface area contributed by atoms with Gasteiger partial charge in [0.2, 0.25) is 0 Å². The van der Waals surface area contributed by atoms with Crippen LogP contribution in [0, 0.1) is 12.7 Å². The molecule has 0 fully saturated rings. The smallest absolute Gasteiger partial charge is 0.261 e. The van der Waals surface area contributed by atoms with E-state index in [-0.39, 0.29) is 16.0 Å². The first kappa shape index (κ1) is 17.9. The molecule has 0 aliphatic heterocycles. The van der Waals surface area contributed by atoms with Gasteiger partial charge in [-0.05, 0) is 44.4 Å². The van der Waals surface area contributed by atoms with E-state index in [2.05, 4.69) is 5.32 Å². The van der Waals surface area contributed by atoms with Crippen LogP contribution in [0.2, 0.25) is 0 Å². The lowest BCUT2D eigenvalue weighted by Crippen LogP contribution is -2.45. The van der Waals surface area contributed by atoms with Crippen molar-refractivity contribution in [3.05, 3.63) is 29.1 Å². The van der Waals surface area contributed by atoms with Gasteiger partial charge in [-0.2, -0.15) is 0 Å². The zero-order valence-electron chi connectivity index (χ0n) is 12.5. The number of carbonyl (C=O) groups is 1. The normalized spacial score (nSPS) is 12.3. The molecule has 0 heterocycles. The van der Waals surface area contributed by atoms with Gasteiger partial charge in [-0.15, -0.1) is 0 Å². The van der Waals surface area contributed by atoms with Gasteiger partial charge in [0.15, 0.2) is 0 Å². The molecule has 118 valence electrons. The Morgan fingerprint density at radius 3 is 2.29 bits per heavy atom. The molecule has 0 unspecified atom stereocenters. The van der Waals surface area contributed by atoms with E-state index in [1.807, 2.05) is 20.8 Å². The van der Waals surface area contributed by atoms with E-state index >= 15 is 0 Å². The molecule has 0 atom stereocenters. The molecule has 0 aromatic heterocycles. The summed E-state index contributed by atoms with van der Waals surface area (Å²) in [5.74, 6) is -1.39. The highest BCUT2D eigenvalue weighted by molar-refractivity contribution is 8.13. The SMILES string of the molecule is CCC(C)(CC)NC(=O)c1cc(S(=O)(=O)Cl)cc(C)c1F. The van der Waals surface area contributed by atoms with Gasteiger partial charge >= 0.3 is 0 Å². The van der Waals surface area contributed by atoms with Crippen molar-refractivity contribution in [3.8, 4) is 0 Å². The third kappa shape index (κ3) is 4.17. The molecule has 0 aliphatic carbocycles. The first-order chi connectivity index (χ1) is 9.54. The second-order valence-corrected chi connectivity index (χ2v) is 7.83. The lowest BCUT2D eigenvalue weighted by atomic mass is 9.95. The van der Waals surface area contributed by atoms with E-state index in [4.69, 9.17) is 10.7 Å². The molecule has 0 bridgehead atoms. The van der Waals surface area contributed by atoms with E-state index in [0.717, 1.165) is 12.1 Å². The van der Waals surface area contributed by atoms with Crippen molar-refractivity contribution < 1.29 is 17.6 Å². The third-order valence-corrected chi connectivity index (χ3v) is 5.06. The maximum absolute atomic E-state index is 14.1. The number of hydrogen-bond acceptors (Lipinski definition) is 3. The van der Waals surface area contributed by atoms with Crippen molar-refractivity contribution in [2.24, 2.45) is 0 Å². The number of nitrogens with one attached hydrogen (secondary N) is 1. The molecular weight excluding hydrogens is 317 g/mol. The largest absolute Gasteiger partial charge is 0.347 e. The molecule has 1 aromatic carbocycles. The Morgan fingerprint density at radius 1 is 1.33 bits per heavy atom. The van der Waals surface area contributed by atoms with Crippen molar-refractivity contribution in [3.63, 3.8) is 0 Å². The van der Waals surface area contributed by atoms with Crippen LogP contribution >= 0.6 is 10.7 Å². The molecule has 21 heavy (non-hydrogen) atoms. The highest BCUT2D eigenvalue weighted by Crippen LogP contribution is 2.23. The quantitative estimate of drug-likeness (QED) is 0.839. The second kappa shape index (κ2) is 6.32. The summed E-state index contributed by atoms with van der Waals surface area (Å²) >= 11 is 0. The Balaban J connectivity index is 3.30. The van der Waals surface area contributed by atoms with Gasteiger partial charge in [0.1, 0.15) is 5.82 Å². The topological polar surface area (TPSA) is 63.2 Å². The van der Waals surface area contributed by atoms with Crippen LogP contribution in [-0.4, -0.2) is 19.9 Å². The Labute approximate surface area is 129 Å². The molecule has 0 spiro atoms. The monoisotopic (exact) mass is 335 g/mol. The van der Waals surface area contributed by atoms with Crippen LogP contribution in [0.5, 0.6) is 0 Å². The summed E-state index contributed by atoms with van der Waals surface area (Å²) in [5.41, 5.74) is -0.744. The average molecular weight is 336 g/mol. The van der Waals surface area contributed by atoms with Crippen molar-refractivity contribution in [1.29, 1.82) is 0 Å². The number of halogens is 2. The van der Waals surface area contributed by atoms with Crippen molar-refractivity contribution in [1.82, 2.24) is 5.32 Å². The lowest BCUT2D eigenvalue weighted by molar-refractivity contribution is 0.0896. The minimum Gasteiger partial charge on any atom is -0.347 e. The number of rotatable bonds is 5. The molecule has 7 heteroatoms. The van der Waals surface area contributed by atoms with Gasteiger partial charge in [0.25, 0.3) is 15.0 Å². The number of benzene rings is 1. The Bertz CT molecular complexity index is 654. The Morgan fingerprint density at radius 2 is 1.86 bits per heavy atom. The predicted octanol–water partition coefficient (Wildman–Crippen LogP) is 3.37. The van der Waals surface area contributed by atoms with Gasteiger partial charge in [-0.25, -0.2) is 12.8 Å². The Kier molecular flexibility index (Phi) is 5.39. The highest BCUT2D eigenvalue weighted by atomic mass is 35.7. The van der Waals surface area contributed by atoms with Crippen LogP contribution in [0.15, 0.2) is 17.0 Å². The summed E-state index contributed by atoms with van der Waals surface area (Å²) in [6.45, 7) is 7.05. The maximum atomic E-state index is 14.1. The fraction of sp³-hybridized carbons (Fsp3) is 0.500. The van der Waals surface area contributed by atoms with Crippen molar-refractivity contribution in [2.75, 3.05) is 0 Å². The zero-order chi connectivity index (χ0) is 16.4. The summed E-state index contributed by atoms with van der Waals surface area (Å²) < 4.78 is 36.9. The van der Waals surface area contributed by atoms with E-state index in [9.17, 15) is 17.6 Å². The van der Waals surface area contributed by atoms with Gasteiger partial charge in [-0.1, -0.05) is 13.8 Å². The first-order valence-corrected chi connectivity index (χ1v) is 8.92. The summed E-state index contributed by atoms with van der Waals surface area (Å²) in [6, 6.07) is 2.07. The van der Waals surface area contributed by atoms with Gasteiger partial charge in [0.05, 0.1) is 10.5 Å². The molecule has 0 radical (unpaired) electrons. The van der Waals surface area contributed by atoms with Crippen LogP contribution in [0.4, 0.5) is 4.39 Å². The van der Waals surface area contributed by atoms with Crippen LogP contribution in [0.3, 0.4) is 0 Å². The maximum Gasteiger partial charge on any atom is 0.261 e. The molecule has 4 nitrogen and oxygen atoms in total. The molecule has 0 saturated heterocycles. The Hall–Kier alpha value is -1.14.